The fraction of sp³-hybridized carbons (Fsp3) is 0.125. The van der Waals surface area contributed by atoms with E-state index >= 15 is 0 Å². The second-order valence-electron chi connectivity index (χ2n) is 2.72. The predicted molar refractivity (Wildman–Crippen MR) is 61.2 cm³/mol. The largest absolute Gasteiger partial charge is 0.322 e. The van der Waals surface area contributed by atoms with Crippen LogP contribution in [0.3, 0.4) is 0 Å². The summed E-state index contributed by atoms with van der Waals surface area (Å²) in [5.41, 5.74) is 0. The molecule has 1 N–H and O–H groups in total. The van der Waals surface area contributed by atoms with Crippen LogP contribution in [-0.4, -0.2) is 19.7 Å². The number of hydrogen-bond donors (Lipinski definition) is 1. The van der Waals surface area contributed by atoms with Crippen LogP contribution >= 0.6 is 22.6 Å². The van der Waals surface area contributed by atoms with Crippen molar-refractivity contribution < 1.29 is 0 Å². The van der Waals surface area contributed by atoms with E-state index in [-0.39, 0.29) is 0 Å². The third kappa shape index (κ3) is 2.00. The van der Waals surface area contributed by atoms with E-state index in [0.29, 0.717) is 0 Å². The van der Waals surface area contributed by atoms with Crippen LogP contribution in [0.1, 0.15) is 0 Å². The first-order chi connectivity index (χ1) is 6.75. The molecule has 0 aromatic carbocycles. The Bertz CT molecular complexity index is 439. The minimum atomic E-state index is 0.777. The Labute approximate surface area is 94.7 Å². The Morgan fingerprint density at radius 2 is 2.36 bits per heavy atom. The fourth-order valence-corrected chi connectivity index (χ4v) is 1.44. The maximum atomic E-state index is 4.19. The summed E-state index contributed by atoms with van der Waals surface area (Å²) in [6.07, 6.45) is 5.13. The number of aromatic nitrogens is 4. The van der Waals surface area contributed by atoms with Crippen molar-refractivity contribution in [3.63, 3.8) is 0 Å². The molecule has 2 aromatic rings. The molecule has 72 valence electrons. The minimum absolute atomic E-state index is 0.777. The van der Waals surface area contributed by atoms with Crippen LogP contribution in [0.4, 0.5) is 11.6 Å². The summed E-state index contributed by atoms with van der Waals surface area (Å²) in [6.45, 7) is 0. The molecule has 2 heterocycles. The third-order valence-electron chi connectivity index (χ3n) is 1.63. The van der Waals surface area contributed by atoms with Gasteiger partial charge in [-0.2, -0.15) is 5.10 Å². The molecule has 2 aromatic heterocycles. The second-order valence-corrected chi connectivity index (χ2v) is 3.88. The Hall–Kier alpha value is -1.18. The van der Waals surface area contributed by atoms with E-state index in [2.05, 4.69) is 43.0 Å². The number of rotatable bonds is 2. The summed E-state index contributed by atoms with van der Waals surface area (Å²) < 4.78 is 2.70. The highest BCUT2D eigenvalue weighted by molar-refractivity contribution is 14.1. The van der Waals surface area contributed by atoms with Crippen LogP contribution < -0.4 is 5.32 Å². The zero-order chi connectivity index (χ0) is 9.97. The molecular weight excluding hydrogens is 293 g/mol. The smallest absolute Gasteiger partial charge is 0.153 e. The van der Waals surface area contributed by atoms with Gasteiger partial charge in [-0.15, -0.1) is 0 Å². The molecule has 0 aliphatic carbocycles. The Morgan fingerprint density at radius 3 is 3.00 bits per heavy atom. The van der Waals surface area contributed by atoms with Crippen molar-refractivity contribution in [3.8, 4) is 0 Å². The molecule has 0 bridgehead atoms. The highest BCUT2D eigenvalue weighted by Gasteiger charge is 2.02. The summed E-state index contributed by atoms with van der Waals surface area (Å²) in [4.78, 5) is 8.01. The van der Waals surface area contributed by atoms with Crippen LogP contribution in [0.25, 0.3) is 0 Å². The lowest BCUT2D eigenvalue weighted by Gasteiger charge is -2.02. The molecule has 0 aliphatic rings. The monoisotopic (exact) mass is 301 g/mol. The average Bonchev–Trinajstić information content (AvgIpc) is 2.56. The molecule has 0 saturated heterocycles. The van der Waals surface area contributed by atoms with Crippen molar-refractivity contribution in [2.75, 3.05) is 5.32 Å². The van der Waals surface area contributed by atoms with Crippen molar-refractivity contribution in [1.29, 1.82) is 0 Å². The molecule has 0 fully saturated rings. The molecule has 14 heavy (non-hydrogen) atoms. The quantitative estimate of drug-likeness (QED) is 0.855. The summed E-state index contributed by atoms with van der Waals surface area (Å²) in [6, 6.07) is 1.89. The number of halogens is 1. The normalized spacial score (nSPS) is 10.1. The molecule has 5 nitrogen and oxygen atoms in total. The van der Waals surface area contributed by atoms with E-state index in [1.165, 1.54) is 6.33 Å². The van der Waals surface area contributed by atoms with Crippen LogP contribution in [0.2, 0.25) is 0 Å². The van der Waals surface area contributed by atoms with Crippen LogP contribution in [-0.2, 0) is 7.05 Å². The van der Waals surface area contributed by atoms with E-state index < -0.39 is 0 Å². The van der Waals surface area contributed by atoms with Crippen molar-refractivity contribution >= 4 is 34.2 Å². The van der Waals surface area contributed by atoms with E-state index in [9.17, 15) is 0 Å². The molecule has 0 radical (unpaired) electrons. The zero-order valence-electron chi connectivity index (χ0n) is 7.48. The standard InChI is InChI=1S/C8H8IN5/c1-14-3-2-7(13-14)12-8-6(9)4-10-5-11-8/h2-5H,1H3,(H,10,11,12,13). The maximum Gasteiger partial charge on any atom is 0.153 e. The SMILES string of the molecule is Cn1ccc(Nc2ncncc2I)n1. The van der Waals surface area contributed by atoms with Crippen LogP contribution in [0, 0.1) is 3.57 Å². The minimum Gasteiger partial charge on any atom is -0.322 e. The Kier molecular flexibility index (Phi) is 2.62. The van der Waals surface area contributed by atoms with Crippen molar-refractivity contribution in [1.82, 2.24) is 19.7 Å². The van der Waals surface area contributed by atoms with E-state index in [1.54, 1.807) is 10.9 Å². The van der Waals surface area contributed by atoms with Gasteiger partial charge in [-0.3, -0.25) is 4.68 Å². The van der Waals surface area contributed by atoms with Crippen LogP contribution in [0.5, 0.6) is 0 Å². The molecule has 0 atom stereocenters. The van der Waals surface area contributed by atoms with Gasteiger partial charge in [-0.25, -0.2) is 9.97 Å². The van der Waals surface area contributed by atoms with Crippen LogP contribution in [0.15, 0.2) is 24.8 Å². The first-order valence-corrected chi connectivity index (χ1v) is 5.06. The molecular formula is C8H8IN5. The zero-order valence-corrected chi connectivity index (χ0v) is 9.63. The van der Waals surface area contributed by atoms with Crippen molar-refractivity contribution in [3.05, 3.63) is 28.4 Å². The first kappa shape index (κ1) is 9.38. The molecule has 0 aliphatic heterocycles. The van der Waals surface area contributed by atoms with Gasteiger partial charge in [0.25, 0.3) is 0 Å². The van der Waals surface area contributed by atoms with Gasteiger partial charge in [0.15, 0.2) is 5.82 Å². The van der Waals surface area contributed by atoms with E-state index in [4.69, 9.17) is 0 Å². The maximum absolute atomic E-state index is 4.19. The molecule has 6 heteroatoms. The van der Waals surface area contributed by atoms with Gasteiger partial charge in [0.05, 0.1) is 3.57 Å². The Morgan fingerprint density at radius 1 is 1.50 bits per heavy atom. The number of nitrogens with one attached hydrogen (secondary N) is 1. The van der Waals surface area contributed by atoms with Gasteiger partial charge in [0.1, 0.15) is 12.1 Å². The lowest BCUT2D eigenvalue weighted by Crippen LogP contribution is -1.98. The summed E-state index contributed by atoms with van der Waals surface area (Å²) in [5.74, 6) is 1.56. The van der Waals surface area contributed by atoms with Gasteiger partial charge in [-0.1, -0.05) is 0 Å². The molecule has 2 rings (SSSR count). The van der Waals surface area contributed by atoms with Gasteiger partial charge in [0, 0.05) is 25.5 Å². The molecule has 0 spiro atoms. The number of aryl methyl sites for hydroxylation is 1. The summed E-state index contributed by atoms with van der Waals surface area (Å²) in [7, 11) is 1.87. The topological polar surface area (TPSA) is 55.6 Å². The summed E-state index contributed by atoms with van der Waals surface area (Å²) >= 11 is 2.17. The molecule has 0 unspecified atom stereocenters. The predicted octanol–water partition coefficient (Wildman–Crippen LogP) is 1.56. The van der Waals surface area contributed by atoms with E-state index in [1.807, 2.05) is 19.3 Å². The van der Waals surface area contributed by atoms with Gasteiger partial charge >= 0.3 is 0 Å². The highest BCUT2D eigenvalue weighted by Crippen LogP contribution is 2.16. The Balaban J connectivity index is 2.23. The number of nitrogens with zero attached hydrogens (tertiary/aromatic N) is 4. The lowest BCUT2D eigenvalue weighted by molar-refractivity contribution is 0.771. The second kappa shape index (κ2) is 3.91. The lowest BCUT2D eigenvalue weighted by atomic mass is 10.5. The van der Waals surface area contributed by atoms with Crippen molar-refractivity contribution in [2.24, 2.45) is 7.05 Å². The molecule has 0 saturated carbocycles. The van der Waals surface area contributed by atoms with Gasteiger partial charge in [0.2, 0.25) is 0 Å². The summed E-state index contributed by atoms with van der Waals surface area (Å²) in [5, 5.41) is 7.29. The molecule has 0 amide bonds. The first-order valence-electron chi connectivity index (χ1n) is 3.98. The van der Waals surface area contributed by atoms with E-state index in [0.717, 1.165) is 15.2 Å². The third-order valence-corrected chi connectivity index (χ3v) is 2.42. The highest BCUT2D eigenvalue weighted by atomic mass is 127. The van der Waals surface area contributed by atoms with Crippen molar-refractivity contribution in [2.45, 2.75) is 0 Å². The average molecular weight is 301 g/mol. The van der Waals surface area contributed by atoms with Gasteiger partial charge in [-0.05, 0) is 22.6 Å². The number of anilines is 2. The number of hydrogen-bond acceptors (Lipinski definition) is 4. The fourth-order valence-electron chi connectivity index (χ4n) is 1.01. The van der Waals surface area contributed by atoms with Gasteiger partial charge < -0.3 is 5.32 Å².